The lowest BCUT2D eigenvalue weighted by Gasteiger charge is -2.14. The molecule has 4 N–H and O–H groups in total. The van der Waals surface area contributed by atoms with E-state index in [1.54, 1.807) is 0 Å². The second-order valence-corrected chi connectivity index (χ2v) is 6.87. The summed E-state index contributed by atoms with van der Waals surface area (Å²) in [6.45, 7) is 0.864. The molecule has 0 saturated heterocycles. The van der Waals surface area contributed by atoms with Crippen molar-refractivity contribution in [2.75, 3.05) is 17.2 Å². The number of anilines is 2. The van der Waals surface area contributed by atoms with Crippen LogP contribution in [0.1, 0.15) is 12.5 Å². The molecule has 0 aliphatic rings. The van der Waals surface area contributed by atoms with E-state index in [1.165, 1.54) is 13.0 Å². The number of aromatic nitrogens is 1. The smallest absolute Gasteiger partial charge is 0.421 e. The number of fused-ring (bicyclic) bond motifs is 1. The van der Waals surface area contributed by atoms with E-state index in [-0.39, 0.29) is 22.3 Å². The van der Waals surface area contributed by atoms with E-state index in [0.29, 0.717) is 0 Å². The third-order valence-corrected chi connectivity index (χ3v) is 4.41. The standard InChI is InChI=1S/C21H18F4N4O5/c1-11(33-18(30)9-26)34-20(32)29-10-16(15-8-13(22)4-7-17(15)29)28-19(31)27-14-5-2-12(3-6-14)21(23,24)25/h2-8,10-11H,9,26H2,1H3,(H2,27,28,31). The van der Waals surface area contributed by atoms with Gasteiger partial charge in [-0.3, -0.25) is 9.36 Å². The molecule has 1 unspecified atom stereocenters. The minimum absolute atomic E-state index is 0.00228. The quantitative estimate of drug-likeness (QED) is 0.283. The van der Waals surface area contributed by atoms with Crippen molar-refractivity contribution in [3.8, 4) is 0 Å². The highest BCUT2D eigenvalue weighted by Crippen LogP contribution is 2.30. The summed E-state index contributed by atoms with van der Waals surface area (Å²) in [5.41, 5.74) is 4.47. The van der Waals surface area contributed by atoms with Crippen LogP contribution in [-0.2, 0) is 20.4 Å². The zero-order valence-electron chi connectivity index (χ0n) is 17.5. The summed E-state index contributed by atoms with van der Waals surface area (Å²) in [5.74, 6) is -1.46. The van der Waals surface area contributed by atoms with Crippen molar-refractivity contribution in [2.45, 2.75) is 19.4 Å². The lowest BCUT2D eigenvalue weighted by Crippen LogP contribution is -2.27. The second kappa shape index (κ2) is 9.79. The van der Waals surface area contributed by atoms with Crippen molar-refractivity contribution < 1.29 is 41.4 Å². The van der Waals surface area contributed by atoms with Gasteiger partial charge in [0.25, 0.3) is 0 Å². The SMILES string of the molecule is CC(OC(=O)CN)OC(=O)n1cc(NC(=O)Nc2ccc(C(F)(F)F)cc2)c2cc(F)ccc21. The highest BCUT2D eigenvalue weighted by atomic mass is 19.4. The van der Waals surface area contributed by atoms with Crippen LogP contribution in [0.25, 0.3) is 10.9 Å². The Morgan fingerprint density at radius 2 is 1.74 bits per heavy atom. The normalized spacial score (nSPS) is 12.2. The molecule has 3 aromatic rings. The number of carbonyl (C=O) groups is 3. The van der Waals surface area contributed by atoms with Crippen LogP contribution in [0.5, 0.6) is 0 Å². The van der Waals surface area contributed by atoms with Crippen LogP contribution < -0.4 is 16.4 Å². The van der Waals surface area contributed by atoms with Gasteiger partial charge in [-0.1, -0.05) is 0 Å². The number of carbonyl (C=O) groups excluding carboxylic acids is 3. The molecule has 1 aromatic heterocycles. The molecule has 1 atom stereocenters. The Labute approximate surface area is 189 Å². The van der Waals surface area contributed by atoms with E-state index in [9.17, 15) is 31.9 Å². The van der Waals surface area contributed by atoms with E-state index in [2.05, 4.69) is 10.6 Å². The zero-order chi connectivity index (χ0) is 25.0. The number of hydrogen-bond acceptors (Lipinski definition) is 6. The third-order valence-electron chi connectivity index (χ3n) is 4.41. The van der Waals surface area contributed by atoms with Gasteiger partial charge in [-0.25, -0.2) is 14.0 Å². The molecule has 180 valence electrons. The maximum atomic E-state index is 13.8. The molecule has 34 heavy (non-hydrogen) atoms. The van der Waals surface area contributed by atoms with Crippen LogP contribution in [0.4, 0.5) is 38.5 Å². The van der Waals surface area contributed by atoms with Crippen LogP contribution in [0.2, 0.25) is 0 Å². The number of nitrogens with zero attached hydrogens (tertiary/aromatic N) is 1. The molecule has 0 spiro atoms. The maximum absolute atomic E-state index is 13.8. The molecule has 13 heteroatoms. The number of hydrogen-bond donors (Lipinski definition) is 3. The van der Waals surface area contributed by atoms with Crippen LogP contribution in [0, 0.1) is 5.82 Å². The molecule has 3 rings (SSSR count). The van der Waals surface area contributed by atoms with Crippen LogP contribution >= 0.6 is 0 Å². The summed E-state index contributed by atoms with van der Waals surface area (Å²) in [6.07, 6.45) is -5.65. The summed E-state index contributed by atoms with van der Waals surface area (Å²) in [6, 6.07) is 6.26. The third kappa shape index (κ3) is 5.81. The van der Waals surface area contributed by atoms with Crippen molar-refractivity contribution >= 4 is 40.4 Å². The van der Waals surface area contributed by atoms with Crippen LogP contribution in [0.15, 0.2) is 48.7 Å². The fourth-order valence-corrected chi connectivity index (χ4v) is 2.94. The summed E-state index contributed by atoms with van der Waals surface area (Å²) >= 11 is 0. The molecule has 0 fully saturated rings. The molecule has 0 aliphatic heterocycles. The number of nitrogens with two attached hydrogens (primary N) is 1. The molecule has 0 radical (unpaired) electrons. The van der Waals surface area contributed by atoms with Crippen LogP contribution in [0.3, 0.4) is 0 Å². The van der Waals surface area contributed by atoms with E-state index >= 15 is 0 Å². The lowest BCUT2D eigenvalue weighted by atomic mass is 10.2. The number of rotatable bonds is 5. The van der Waals surface area contributed by atoms with Gasteiger partial charge >= 0.3 is 24.3 Å². The average molecular weight is 482 g/mol. The fraction of sp³-hybridized carbons (Fsp3) is 0.190. The Hall–Kier alpha value is -4.13. The Bertz CT molecular complexity index is 1220. The predicted molar refractivity (Wildman–Crippen MR) is 112 cm³/mol. The average Bonchev–Trinajstić information content (AvgIpc) is 3.10. The van der Waals surface area contributed by atoms with E-state index in [1.807, 2.05) is 0 Å². The Morgan fingerprint density at radius 1 is 1.06 bits per heavy atom. The minimum Gasteiger partial charge on any atom is -0.424 e. The summed E-state index contributed by atoms with van der Waals surface area (Å²) < 4.78 is 62.6. The van der Waals surface area contributed by atoms with Gasteiger partial charge < -0.3 is 25.8 Å². The van der Waals surface area contributed by atoms with Gasteiger partial charge in [0, 0.05) is 24.2 Å². The minimum atomic E-state index is -4.53. The summed E-state index contributed by atoms with van der Waals surface area (Å²) in [5, 5.41) is 4.88. The van der Waals surface area contributed by atoms with Gasteiger partial charge in [0.05, 0.1) is 23.3 Å². The molecular weight excluding hydrogens is 464 g/mol. The number of urea groups is 1. The molecule has 0 saturated carbocycles. The first kappa shape index (κ1) is 24.5. The number of halogens is 4. The Morgan fingerprint density at radius 3 is 2.35 bits per heavy atom. The first-order chi connectivity index (χ1) is 16.0. The van der Waals surface area contributed by atoms with Gasteiger partial charge in [-0.05, 0) is 42.5 Å². The largest absolute Gasteiger partial charge is 0.424 e. The van der Waals surface area contributed by atoms with Crippen molar-refractivity contribution in [3.05, 3.63) is 60.0 Å². The molecule has 0 aliphatic carbocycles. The fourth-order valence-electron chi connectivity index (χ4n) is 2.94. The highest BCUT2D eigenvalue weighted by Gasteiger charge is 2.30. The maximum Gasteiger partial charge on any atom is 0.421 e. The van der Waals surface area contributed by atoms with E-state index in [4.69, 9.17) is 15.2 Å². The first-order valence-corrected chi connectivity index (χ1v) is 9.64. The summed E-state index contributed by atoms with van der Waals surface area (Å²) in [4.78, 5) is 36.1. The number of nitrogens with one attached hydrogen (secondary N) is 2. The van der Waals surface area contributed by atoms with Gasteiger partial charge in [0.1, 0.15) is 5.82 Å². The topological polar surface area (TPSA) is 125 Å². The van der Waals surface area contributed by atoms with E-state index in [0.717, 1.165) is 47.2 Å². The van der Waals surface area contributed by atoms with Gasteiger partial charge in [0.2, 0.25) is 6.29 Å². The van der Waals surface area contributed by atoms with Crippen molar-refractivity contribution in [1.29, 1.82) is 0 Å². The van der Waals surface area contributed by atoms with Crippen molar-refractivity contribution in [1.82, 2.24) is 4.57 Å². The lowest BCUT2D eigenvalue weighted by molar-refractivity contribution is -0.162. The highest BCUT2D eigenvalue weighted by molar-refractivity contribution is 6.07. The molecule has 2 amide bonds. The predicted octanol–water partition coefficient (Wildman–Crippen LogP) is 4.28. The van der Waals surface area contributed by atoms with Crippen LogP contribution in [-0.4, -0.2) is 35.5 Å². The molecule has 0 bridgehead atoms. The number of esters is 1. The number of amides is 2. The number of benzene rings is 2. The second-order valence-electron chi connectivity index (χ2n) is 6.87. The summed E-state index contributed by atoms with van der Waals surface area (Å²) in [7, 11) is 0. The van der Waals surface area contributed by atoms with Gasteiger partial charge in [0.15, 0.2) is 0 Å². The number of alkyl halides is 3. The van der Waals surface area contributed by atoms with Gasteiger partial charge in [-0.15, -0.1) is 0 Å². The molecule has 9 nitrogen and oxygen atoms in total. The number of ether oxygens (including phenoxy) is 2. The monoisotopic (exact) mass is 482 g/mol. The Kier molecular flexibility index (Phi) is 7.05. The van der Waals surface area contributed by atoms with Crippen molar-refractivity contribution in [2.24, 2.45) is 5.73 Å². The van der Waals surface area contributed by atoms with Gasteiger partial charge in [-0.2, -0.15) is 13.2 Å². The first-order valence-electron chi connectivity index (χ1n) is 9.64. The zero-order valence-corrected chi connectivity index (χ0v) is 17.5. The molecule has 1 heterocycles. The van der Waals surface area contributed by atoms with E-state index < -0.39 is 48.5 Å². The molecule has 2 aromatic carbocycles. The van der Waals surface area contributed by atoms with Crippen molar-refractivity contribution in [3.63, 3.8) is 0 Å². The Balaban J connectivity index is 1.79. The molecular formula is C21H18F4N4O5.